The number of hydrogen-bond acceptors (Lipinski definition) is 7. The number of phenols is 1. The maximum Gasteiger partial charge on any atom is 0.262 e. The van der Waals surface area contributed by atoms with Crippen LogP contribution < -0.4 is 10.1 Å². The fourth-order valence-corrected chi connectivity index (χ4v) is 4.19. The number of benzene rings is 2. The number of amides is 1. The van der Waals surface area contributed by atoms with Crippen molar-refractivity contribution in [3.8, 4) is 17.6 Å². The molecule has 8 nitrogen and oxygen atoms in total. The second kappa shape index (κ2) is 15.4. The van der Waals surface area contributed by atoms with Crippen LogP contribution in [-0.4, -0.2) is 62.1 Å². The van der Waals surface area contributed by atoms with Gasteiger partial charge in [-0.25, -0.2) is 0 Å². The quantitative estimate of drug-likeness (QED) is 0.222. The number of nitrogens with zero attached hydrogens (tertiary/aromatic N) is 3. The van der Waals surface area contributed by atoms with Crippen molar-refractivity contribution in [3.63, 3.8) is 0 Å². The van der Waals surface area contributed by atoms with E-state index in [4.69, 9.17) is 9.47 Å². The molecule has 1 fully saturated rings. The van der Waals surface area contributed by atoms with Crippen LogP contribution >= 0.6 is 0 Å². The first-order chi connectivity index (χ1) is 18.5. The fraction of sp³-hybridized carbons (Fsp3) is 0.367. The number of ether oxygens (including phenoxy) is 2. The summed E-state index contributed by atoms with van der Waals surface area (Å²) in [4.78, 5) is 19.1. The number of allylic oxidation sites excluding steroid dienone is 2. The average Bonchev–Trinajstić information content (AvgIpc) is 2.94. The van der Waals surface area contributed by atoms with Gasteiger partial charge in [-0.3, -0.25) is 14.7 Å². The van der Waals surface area contributed by atoms with Crippen LogP contribution in [0.3, 0.4) is 0 Å². The van der Waals surface area contributed by atoms with E-state index in [-0.39, 0.29) is 17.4 Å². The Labute approximate surface area is 224 Å². The molecule has 8 heteroatoms. The van der Waals surface area contributed by atoms with Crippen LogP contribution in [0, 0.1) is 11.3 Å². The van der Waals surface area contributed by atoms with Gasteiger partial charge in [-0.05, 0) is 43.3 Å². The van der Waals surface area contributed by atoms with E-state index >= 15 is 0 Å². The number of phenolic OH excluding ortho intramolecular Hbond substituents is 1. The zero-order valence-corrected chi connectivity index (χ0v) is 21.9. The molecule has 1 amide bonds. The lowest BCUT2D eigenvalue weighted by atomic mass is 10.0. The summed E-state index contributed by atoms with van der Waals surface area (Å²) in [6.45, 7) is 10.4. The van der Waals surface area contributed by atoms with Crippen molar-refractivity contribution in [2.75, 3.05) is 39.5 Å². The SMILES string of the molecule is C=Nc1c(O)cccc1/C=C\C/C=C(\C#N)C(=O)NC(CCC)c1ccc(OCCN2CCOCC2)cc1. The summed E-state index contributed by atoms with van der Waals surface area (Å²) < 4.78 is 11.3. The minimum Gasteiger partial charge on any atom is -0.506 e. The third kappa shape index (κ3) is 8.58. The number of aromatic hydroxyl groups is 1. The molecule has 200 valence electrons. The number of aliphatic imine (C=N–C) groups is 1. The zero-order chi connectivity index (χ0) is 27.2. The van der Waals surface area contributed by atoms with Crippen LogP contribution in [0.2, 0.25) is 0 Å². The third-order valence-electron chi connectivity index (χ3n) is 6.27. The van der Waals surface area contributed by atoms with Gasteiger partial charge in [-0.1, -0.05) is 55.8 Å². The van der Waals surface area contributed by atoms with Crippen LogP contribution in [0.5, 0.6) is 11.5 Å². The fourth-order valence-electron chi connectivity index (χ4n) is 4.19. The van der Waals surface area contributed by atoms with Crippen molar-refractivity contribution in [1.29, 1.82) is 5.26 Å². The van der Waals surface area contributed by atoms with Gasteiger partial charge in [-0.2, -0.15) is 5.26 Å². The highest BCUT2D eigenvalue weighted by molar-refractivity contribution is 5.97. The number of carbonyl (C=O) groups excluding carboxylic acids is 1. The van der Waals surface area contributed by atoms with Gasteiger partial charge >= 0.3 is 0 Å². The lowest BCUT2D eigenvalue weighted by molar-refractivity contribution is -0.117. The van der Waals surface area contributed by atoms with E-state index in [1.54, 1.807) is 36.4 Å². The van der Waals surface area contributed by atoms with Gasteiger partial charge in [0.15, 0.2) is 0 Å². The molecule has 1 heterocycles. The molecule has 1 aliphatic heterocycles. The van der Waals surface area contributed by atoms with Gasteiger partial charge in [0.25, 0.3) is 5.91 Å². The molecule has 0 aromatic heterocycles. The highest BCUT2D eigenvalue weighted by Gasteiger charge is 2.17. The number of hydrogen-bond donors (Lipinski definition) is 2. The van der Waals surface area contributed by atoms with Crippen LogP contribution in [0.1, 0.15) is 43.4 Å². The molecule has 38 heavy (non-hydrogen) atoms. The van der Waals surface area contributed by atoms with E-state index in [1.165, 1.54) is 0 Å². The topological polar surface area (TPSA) is 107 Å². The molecule has 2 aromatic rings. The minimum absolute atomic E-state index is 0.0457. The predicted molar refractivity (Wildman–Crippen MR) is 150 cm³/mol. The number of morpholine rings is 1. The molecule has 1 atom stereocenters. The summed E-state index contributed by atoms with van der Waals surface area (Å²) >= 11 is 0. The first-order valence-corrected chi connectivity index (χ1v) is 12.9. The Balaban J connectivity index is 1.56. The standard InChI is InChI=1S/C30H36N4O4/c1-3-7-27(23-12-14-26(15-13-23)38-21-18-34-16-19-37-20-17-34)33-30(36)25(22-31)9-5-4-8-24-10-6-11-28(35)29(24)32-2/h4,6,8-15,27,35H,2-3,5,7,16-21H2,1H3,(H,33,36)/b8-4-,25-9+. The molecule has 1 unspecified atom stereocenters. The van der Waals surface area contributed by atoms with E-state index in [9.17, 15) is 15.2 Å². The second-order valence-electron chi connectivity index (χ2n) is 8.93. The largest absolute Gasteiger partial charge is 0.506 e. The Morgan fingerprint density at radius 2 is 2.05 bits per heavy atom. The summed E-state index contributed by atoms with van der Waals surface area (Å²) in [5, 5.41) is 22.5. The molecule has 1 aliphatic rings. The smallest absolute Gasteiger partial charge is 0.262 e. The van der Waals surface area contributed by atoms with Crippen LogP contribution in [0.4, 0.5) is 5.69 Å². The molecule has 0 saturated carbocycles. The van der Waals surface area contributed by atoms with Gasteiger partial charge < -0.3 is 19.9 Å². The summed E-state index contributed by atoms with van der Waals surface area (Å²) in [5.41, 5.74) is 2.11. The first kappa shape index (κ1) is 28.6. The third-order valence-corrected chi connectivity index (χ3v) is 6.27. The molecule has 0 bridgehead atoms. The molecular weight excluding hydrogens is 480 g/mol. The summed E-state index contributed by atoms with van der Waals surface area (Å²) in [7, 11) is 0. The summed E-state index contributed by atoms with van der Waals surface area (Å²) in [6, 6.07) is 14.6. The molecular formula is C30H36N4O4. The van der Waals surface area contributed by atoms with Gasteiger partial charge in [0.05, 0.1) is 19.3 Å². The van der Waals surface area contributed by atoms with E-state index in [0.29, 0.717) is 24.3 Å². The van der Waals surface area contributed by atoms with Crippen LogP contribution in [0.15, 0.2) is 65.2 Å². The van der Waals surface area contributed by atoms with Crippen molar-refractivity contribution >= 4 is 24.4 Å². The molecule has 3 rings (SSSR count). The van der Waals surface area contributed by atoms with Gasteiger partial charge in [0, 0.05) is 25.2 Å². The molecule has 1 saturated heterocycles. The number of nitriles is 1. The first-order valence-electron chi connectivity index (χ1n) is 12.9. The second-order valence-corrected chi connectivity index (χ2v) is 8.93. The number of carbonyl (C=O) groups is 1. The van der Waals surface area contributed by atoms with E-state index < -0.39 is 5.91 Å². The Hall–Kier alpha value is -3.93. The monoisotopic (exact) mass is 516 g/mol. The zero-order valence-electron chi connectivity index (χ0n) is 21.9. The Morgan fingerprint density at radius 1 is 1.29 bits per heavy atom. The van der Waals surface area contributed by atoms with E-state index in [2.05, 4.69) is 28.9 Å². The molecule has 0 aliphatic carbocycles. The van der Waals surface area contributed by atoms with Crippen LogP contribution in [0.25, 0.3) is 6.08 Å². The van der Waals surface area contributed by atoms with E-state index in [1.807, 2.05) is 30.3 Å². The number of rotatable bonds is 13. The normalized spacial score (nSPS) is 15.1. The van der Waals surface area contributed by atoms with Crippen LogP contribution in [-0.2, 0) is 9.53 Å². The summed E-state index contributed by atoms with van der Waals surface area (Å²) in [5.74, 6) is 0.426. The van der Waals surface area contributed by atoms with Crippen molar-refractivity contribution in [2.45, 2.75) is 32.2 Å². The lowest BCUT2D eigenvalue weighted by Gasteiger charge is -2.26. The molecule has 2 N–H and O–H groups in total. The van der Waals surface area contributed by atoms with Crippen molar-refractivity contribution in [1.82, 2.24) is 10.2 Å². The molecule has 2 aromatic carbocycles. The molecule has 0 radical (unpaired) electrons. The van der Waals surface area contributed by atoms with Gasteiger partial charge in [0.1, 0.15) is 35.4 Å². The van der Waals surface area contributed by atoms with Gasteiger partial charge in [-0.15, -0.1) is 0 Å². The Bertz CT molecular complexity index is 1160. The minimum atomic E-state index is -0.406. The number of para-hydroxylation sites is 1. The highest BCUT2D eigenvalue weighted by atomic mass is 16.5. The summed E-state index contributed by atoms with van der Waals surface area (Å²) in [6.07, 6.45) is 7.16. The maximum absolute atomic E-state index is 12.9. The average molecular weight is 517 g/mol. The van der Waals surface area contributed by atoms with Gasteiger partial charge in [0.2, 0.25) is 0 Å². The van der Waals surface area contributed by atoms with Crippen molar-refractivity contribution in [2.24, 2.45) is 4.99 Å². The molecule has 0 spiro atoms. The highest BCUT2D eigenvalue weighted by Crippen LogP contribution is 2.30. The Kier molecular flexibility index (Phi) is 11.6. The predicted octanol–water partition coefficient (Wildman–Crippen LogP) is 4.95. The maximum atomic E-state index is 12.9. The van der Waals surface area contributed by atoms with Crippen molar-refractivity contribution in [3.05, 3.63) is 71.3 Å². The Morgan fingerprint density at radius 3 is 2.74 bits per heavy atom. The van der Waals surface area contributed by atoms with E-state index in [0.717, 1.165) is 57.0 Å². The van der Waals surface area contributed by atoms with Crippen molar-refractivity contribution < 1.29 is 19.4 Å². The lowest BCUT2D eigenvalue weighted by Crippen LogP contribution is -2.38. The number of nitrogens with one attached hydrogen (secondary N) is 1.